The minimum Gasteiger partial charge on any atom is -0.508 e. The zero-order chi connectivity index (χ0) is 25.7. The maximum Gasteiger partial charge on any atom is 0.259 e. The van der Waals surface area contributed by atoms with Gasteiger partial charge in [-0.2, -0.15) is 5.10 Å². The SMILES string of the molecule is Cc1cccc2cc(Cn3nc(-c4cc(O)cc(F)c4)c4c(N)ncnc43)n(C3CCCCC3)c(=O)c12. The summed E-state index contributed by atoms with van der Waals surface area (Å²) >= 11 is 0. The second-order valence-corrected chi connectivity index (χ2v) is 9.80. The van der Waals surface area contributed by atoms with Crippen LogP contribution in [0.5, 0.6) is 5.75 Å². The molecule has 0 atom stereocenters. The van der Waals surface area contributed by atoms with Gasteiger partial charge in [0.25, 0.3) is 5.56 Å². The number of hydrogen-bond acceptors (Lipinski definition) is 6. The topological polar surface area (TPSA) is 112 Å². The molecule has 1 fully saturated rings. The highest BCUT2D eigenvalue weighted by Crippen LogP contribution is 2.34. The van der Waals surface area contributed by atoms with Gasteiger partial charge in [0.15, 0.2) is 5.65 Å². The zero-order valence-corrected chi connectivity index (χ0v) is 20.5. The van der Waals surface area contributed by atoms with Crippen molar-refractivity contribution in [1.29, 1.82) is 0 Å². The fraction of sp³-hybridized carbons (Fsp3) is 0.286. The number of fused-ring (bicyclic) bond motifs is 2. The lowest BCUT2D eigenvalue weighted by Gasteiger charge is -2.27. The first-order chi connectivity index (χ1) is 17.9. The van der Waals surface area contributed by atoms with Crippen molar-refractivity contribution in [2.45, 2.75) is 51.6 Å². The molecule has 0 unspecified atom stereocenters. The molecule has 3 aromatic heterocycles. The summed E-state index contributed by atoms with van der Waals surface area (Å²) in [6, 6.07) is 11.8. The minimum atomic E-state index is -0.593. The van der Waals surface area contributed by atoms with Crippen molar-refractivity contribution in [3.63, 3.8) is 0 Å². The molecular weight excluding hydrogens is 471 g/mol. The second kappa shape index (κ2) is 8.99. The predicted molar refractivity (Wildman–Crippen MR) is 141 cm³/mol. The number of hydrogen-bond donors (Lipinski definition) is 2. The van der Waals surface area contributed by atoms with E-state index in [2.05, 4.69) is 16.0 Å². The Morgan fingerprint density at radius 1 is 1.08 bits per heavy atom. The molecule has 1 aliphatic carbocycles. The number of aromatic hydroxyl groups is 1. The van der Waals surface area contributed by atoms with Crippen molar-refractivity contribution < 1.29 is 9.50 Å². The molecule has 1 aliphatic rings. The number of aryl methyl sites for hydroxylation is 1. The van der Waals surface area contributed by atoms with E-state index in [0.717, 1.165) is 53.8 Å². The van der Waals surface area contributed by atoms with Gasteiger partial charge in [0.05, 0.1) is 17.3 Å². The van der Waals surface area contributed by atoms with Crippen molar-refractivity contribution in [2.75, 3.05) is 5.73 Å². The van der Waals surface area contributed by atoms with E-state index in [4.69, 9.17) is 10.8 Å². The Morgan fingerprint density at radius 2 is 1.89 bits per heavy atom. The average Bonchev–Trinajstić information content (AvgIpc) is 3.24. The number of halogens is 1. The summed E-state index contributed by atoms with van der Waals surface area (Å²) in [7, 11) is 0. The number of aromatic nitrogens is 5. The number of nitrogen functional groups attached to an aromatic ring is 1. The Hall–Kier alpha value is -4.27. The van der Waals surface area contributed by atoms with Gasteiger partial charge in [-0.25, -0.2) is 19.0 Å². The Balaban J connectivity index is 1.57. The summed E-state index contributed by atoms with van der Waals surface area (Å²) in [6.07, 6.45) is 6.62. The molecular formula is C28H27FN6O2. The standard InChI is InChI=1S/C28H27FN6O2/c1-16-6-5-7-17-11-21(35(28(37)23(16)17)20-8-3-2-4-9-20)14-34-27-24(26(30)31-15-32-27)25(33-34)18-10-19(29)13-22(36)12-18/h5-7,10-13,15,20,36H,2-4,8-9,14H2,1H3,(H2,30,31,32). The number of phenolic OH excluding ortho intramolecular Hbond substituents is 1. The Kier molecular flexibility index (Phi) is 5.62. The van der Waals surface area contributed by atoms with E-state index < -0.39 is 5.82 Å². The molecule has 188 valence electrons. The van der Waals surface area contributed by atoms with Gasteiger partial charge in [0, 0.05) is 23.4 Å². The zero-order valence-electron chi connectivity index (χ0n) is 20.5. The molecule has 3 N–H and O–H groups in total. The third-order valence-electron chi connectivity index (χ3n) is 7.34. The molecule has 0 radical (unpaired) electrons. The lowest BCUT2D eigenvalue weighted by atomic mass is 9.94. The van der Waals surface area contributed by atoms with Crippen LogP contribution in [0, 0.1) is 12.7 Å². The largest absolute Gasteiger partial charge is 0.508 e. The first-order valence-electron chi connectivity index (χ1n) is 12.5. The Bertz CT molecular complexity index is 1700. The lowest BCUT2D eigenvalue weighted by molar-refractivity contribution is 0.338. The summed E-state index contributed by atoms with van der Waals surface area (Å²) in [5.41, 5.74) is 9.22. The van der Waals surface area contributed by atoms with E-state index in [1.165, 1.54) is 24.9 Å². The van der Waals surface area contributed by atoms with Gasteiger partial charge in [0.2, 0.25) is 0 Å². The van der Waals surface area contributed by atoms with Crippen molar-refractivity contribution in [3.05, 3.63) is 76.2 Å². The Labute approximate surface area is 212 Å². The number of nitrogens with zero attached hydrogens (tertiary/aromatic N) is 5. The molecule has 0 spiro atoms. The first kappa shape index (κ1) is 23.1. The molecule has 2 aromatic carbocycles. The van der Waals surface area contributed by atoms with Crippen LogP contribution in [0.2, 0.25) is 0 Å². The van der Waals surface area contributed by atoms with Gasteiger partial charge in [-0.05, 0) is 48.9 Å². The molecule has 6 rings (SSSR count). The summed E-state index contributed by atoms with van der Waals surface area (Å²) in [5, 5.41) is 16.8. The van der Waals surface area contributed by atoms with Crippen molar-refractivity contribution in [3.8, 4) is 17.0 Å². The quantitative estimate of drug-likeness (QED) is 0.357. The number of rotatable bonds is 4. The summed E-state index contributed by atoms with van der Waals surface area (Å²) in [6.45, 7) is 2.24. The van der Waals surface area contributed by atoms with E-state index in [1.54, 1.807) is 4.68 Å². The molecule has 37 heavy (non-hydrogen) atoms. The maximum atomic E-state index is 14.2. The fourth-order valence-corrected chi connectivity index (χ4v) is 5.67. The van der Waals surface area contributed by atoms with E-state index in [1.807, 2.05) is 29.7 Å². The maximum absolute atomic E-state index is 14.2. The highest BCUT2D eigenvalue weighted by molar-refractivity contribution is 5.98. The smallest absolute Gasteiger partial charge is 0.259 e. The van der Waals surface area contributed by atoms with E-state index in [0.29, 0.717) is 22.3 Å². The second-order valence-electron chi connectivity index (χ2n) is 9.80. The van der Waals surface area contributed by atoms with E-state index >= 15 is 0 Å². The summed E-state index contributed by atoms with van der Waals surface area (Å²) in [5.74, 6) is -0.609. The normalized spacial score (nSPS) is 14.5. The molecule has 0 saturated heterocycles. The van der Waals surface area contributed by atoms with E-state index in [-0.39, 0.29) is 29.7 Å². The van der Waals surface area contributed by atoms with Crippen LogP contribution < -0.4 is 11.3 Å². The van der Waals surface area contributed by atoms with Gasteiger partial charge in [-0.15, -0.1) is 0 Å². The van der Waals surface area contributed by atoms with Crippen molar-refractivity contribution >= 4 is 27.6 Å². The molecule has 8 nitrogen and oxygen atoms in total. The van der Waals surface area contributed by atoms with Crippen LogP contribution >= 0.6 is 0 Å². The van der Waals surface area contributed by atoms with E-state index in [9.17, 15) is 14.3 Å². The Morgan fingerprint density at radius 3 is 2.68 bits per heavy atom. The number of nitrogens with two attached hydrogens (primary N) is 1. The molecule has 0 bridgehead atoms. The summed E-state index contributed by atoms with van der Waals surface area (Å²) < 4.78 is 17.8. The van der Waals surface area contributed by atoms with Crippen LogP contribution in [0.15, 0.2) is 53.6 Å². The molecule has 0 amide bonds. The number of benzene rings is 2. The molecule has 3 heterocycles. The lowest BCUT2D eigenvalue weighted by Crippen LogP contribution is -2.30. The van der Waals surface area contributed by atoms with Crippen molar-refractivity contribution in [1.82, 2.24) is 24.3 Å². The summed E-state index contributed by atoms with van der Waals surface area (Å²) in [4.78, 5) is 22.4. The van der Waals surface area contributed by atoms with Crippen LogP contribution in [0.4, 0.5) is 10.2 Å². The molecule has 0 aliphatic heterocycles. The molecule has 5 aromatic rings. The van der Waals surface area contributed by atoms with Crippen LogP contribution in [0.3, 0.4) is 0 Å². The third kappa shape index (κ3) is 4.00. The monoisotopic (exact) mass is 498 g/mol. The average molecular weight is 499 g/mol. The van der Waals surface area contributed by atoms with Crippen LogP contribution in [-0.4, -0.2) is 29.4 Å². The third-order valence-corrected chi connectivity index (χ3v) is 7.34. The predicted octanol–water partition coefficient (Wildman–Crippen LogP) is 5.10. The molecule has 1 saturated carbocycles. The van der Waals surface area contributed by atoms with Crippen LogP contribution in [-0.2, 0) is 6.54 Å². The van der Waals surface area contributed by atoms with Crippen molar-refractivity contribution in [2.24, 2.45) is 0 Å². The van der Waals surface area contributed by atoms with Gasteiger partial charge in [-0.3, -0.25) is 4.79 Å². The number of pyridine rings is 1. The highest BCUT2D eigenvalue weighted by atomic mass is 19.1. The van der Waals surface area contributed by atoms with Gasteiger partial charge >= 0.3 is 0 Å². The molecule has 9 heteroatoms. The fourth-order valence-electron chi connectivity index (χ4n) is 5.67. The number of phenols is 1. The van der Waals surface area contributed by atoms with Crippen LogP contribution in [0.25, 0.3) is 33.1 Å². The van der Waals surface area contributed by atoms with Gasteiger partial charge in [0.1, 0.15) is 29.4 Å². The van der Waals surface area contributed by atoms with Gasteiger partial charge < -0.3 is 15.4 Å². The van der Waals surface area contributed by atoms with Crippen LogP contribution in [0.1, 0.15) is 49.4 Å². The van der Waals surface area contributed by atoms with Gasteiger partial charge in [-0.1, -0.05) is 37.5 Å². The number of anilines is 1. The highest BCUT2D eigenvalue weighted by Gasteiger charge is 2.24. The minimum absolute atomic E-state index is 0.0124. The first-order valence-corrected chi connectivity index (χ1v) is 12.5.